The minimum atomic E-state index is -1.21. The summed E-state index contributed by atoms with van der Waals surface area (Å²) < 4.78 is 16.2. The molecule has 6 unspecified atom stereocenters. The fourth-order valence-electron chi connectivity index (χ4n) is 7.31. The highest BCUT2D eigenvalue weighted by Gasteiger charge is 2.53. The third-order valence-electron chi connectivity index (χ3n) is 10.2. The van der Waals surface area contributed by atoms with Crippen molar-refractivity contribution in [3.05, 3.63) is 71.8 Å². The van der Waals surface area contributed by atoms with E-state index in [4.69, 9.17) is 19.9 Å². The average molecular weight is 940 g/mol. The minimum absolute atomic E-state index is 0.0538. The lowest BCUT2D eigenvalue weighted by Crippen LogP contribution is -2.52. The highest BCUT2D eigenvalue weighted by molar-refractivity contribution is 8.13. The number of esters is 1. The Hall–Kier alpha value is -4.94. The summed E-state index contributed by atoms with van der Waals surface area (Å²) in [6, 6.07) is 15.6. The molecule has 16 nitrogen and oxygen atoms in total. The van der Waals surface area contributed by atoms with E-state index in [9.17, 15) is 38.4 Å². The van der Waals surface area contributed by atoms with Crippen molar-refractivity contribution >= 4 is 70.2 Å². The monoisotopic (exact) mass is 939 g/mol. The maximum absolute atomic E-state index is 13.3. The standard InChI is InChI=1S/C26H36N2O6S.C21H29N3O5S/c1-25(2,3)13-18(20-21(35-20)23(31)34-26(4,5)6)27-22(30)19-12-17(29)14-28(19)24(32)33-15-16-10-8-7-9-11-16;1-14(2)10-16(13-30-18(26)11-22)23-20(27)19-17(25)8-9-24(19)21(28)29-12-15-6-4-3-5-7-15/h7-11,18-21H,12-15H2,1-6H3,(H,27,30);3-7,14,16,19H,8-13,22H2,1-2H3,(H,23,27). The molecule has 2 aromatic carbocycles. The van der Waals surface area contributed by atoms with Crippen molar-refractivity contribution in [3.8, 4) is 0 Å². The second-order valence-corrected chi connectivity index (χ2v) is 21.3. The normalized spacial score (nSPS) is 20.3. The van der Waals surface area contributed by atoms with Crippen LogP contribution in [0.3, 0.4) is 0 Å². The van der Waals surface area contributed by atoms with Crippen molar-refractivity contribution in [1.82, 2.24) is 20.4 Å². The molecule has 0 bridgehead atoms. The number of carbonyl (C=O) groups is 8. The number of thioether (sulfide) groups is 2. The number of amides is 4. The van der Waals surface area contributed by atoms with Crippen molar-refractivity contribution in [1.29, 1.82) is 0 Å². The minimum Gasteiger partial charge on any atom is -0.459 e. The van der Waals surface area contributed by atoms with Crippen LogP contribution in [0.4, 0.5) is 9.59 Å². The van der Waals surface area contributed by atoms with Gasteiger partial charge in [0.25, 0.3) is 5.91 Å². The Bertz CT molecular complexity index is 1990. The first-order valence-electron chi connectivity index (χ1n) is 21.9. The number of hydrogen-bond acceptors (Lipinski definition) is 14. The van der Waals surface area contributed by atoms with E-state index in [2.05, 4.69) is 31.4 Å². The zero-order chi connectivity index (χ0) is 48.1. The van der Waals surface area contributed by atoms with E-state index >= 15 is 0 Å². The number of nitrogens with zero attached hydrogens (tertiary/aromatic N) is 2. The predicted molar refractivity (Wildman–Crippen MR) is 248 cm³/mol. The van der Waals surface area contributed by atoms with Crippen LogP contribution in [0.5, 0.6) is 0 Å². The molecule has 2 aromatic rings. The molecule has 4 amide bonds. The van der Waals surface area contributed by atoms with Gasteiger partial charge in [0.2, 0.25) is 11.0 Å². The van der Waals surface area contributed by atoms with Gasteiger partial charge >= 0.3 is 18.2 Å². The molecule has 4 N–H and O–H groups in total. The zero-order valence-corrected chi connectivity index (χ0v) is 40.3. The van der Waals surface area contributed by atoms with Gasteiger partial charge in [-0.1, -0.05) is 107 Å². The Morgan fingerprint density at radius 3 is 1.92 bits per heavy atom. The van der Waals surface area contributed by atoms with E-state index in [1.54, 1.807) is 0 Å². The number of nitrogens with one attached hydrogen (secondary N) is 2. The van der Waals surface area contributed by atoms with E-state index in [1.165, 1.54) is 21.6 Å². The van der Waals surface area contributed by atoms with E-state index < -0.39 is 41.7 Å². The number of Topliss-reactive ketones (excluding diaryl/α,β-unsaturated/α-hetero) is 2. The highest BCUT2D eigenvalue weighted by Crippen LogP contribution is 2.47. The predicted octanol–water partition coefficient (Wildman–Crippen LogP) is 5.43. The number of ether oxygens (including phenoxy) is 3. The second kappa shape index (κ2) is 24.0. The Morgan fingerprint density at radius 2 is 1.40 bits per heavy atom. The second-order valence-electron chi connectivity index (χ2n) is 18.9. The third kappa shape index (κ3) is 17.4. The summed E-state index contributed by atoms with van der Waals surface area (Å²) in [4.78, 5) is 102. The van der Waals surface area contributed by atoms with E-state index in [-0.39, 0.29) is 102 Å². The maximum Gasteiger partial charge on any atom is 0.411 e. The molecule has 0 spiro atoms. The summed E-state index contributed by atoms with van der Waals surface area (Å²) in [6.45, 7) is 15.7. The van der Waals surface area contributed by atoms with Gasteiger partial charge in [0.15, 0.2) is 17.6 Å². The van der Waals surface area contributed by atoms with Gasteiger partial charge in [0.05, 0.1) is 13.1 Å². The van der Waals surface area contributed by atoms with Crippen LogP contribution in [0.15, 0.2) is 60.7 Å². The van der Waals surface area contributed by atoms with Crippen molar-refractivity contribution in [2.24, 2.45) is 17.1 Å². The quantitative estimate of drug-likeness (QED) is 0.0828. The third-order valence-corrected chi connectivity index (χ3v) is 12.7. The fourth-order valence-corrected chi connectivity index (χ4v) is 9.10. The van der Waals surface area contributed by atoms with Crippen molar-refractivity contribution in [2.45, 2.75) is 135 Å². The average Bonchev–Trinajstić information content (AvgIpc) is 3.81. The molecule has 3 heterocycles. The number of likely N-dealkylation sites (tertiary alicyclic amines) is 2. The van der Waals surface area contributed by atoms with Gasteiger partial charge in [-0.25, -0.2) is 9.59 Å². The molecular formula is C47H65N5O11S2. The van der Waals surface area contributed by atoms with Crippen LogP contribution in [-0.2, 0) is 56.2 Å². The van der Waals surface area contributed by atoms with Crippen molar-refractivity contribution in [2.75, 3.05) is 25.4 Å². The van der Waals surface area contributed by atoms with Gasteiger partial charge in [-0.15, -0.1) is 11.8 Å². The molecule has 0 saturated carbocycles. The lowest BCUT2D eigenvalue weighted by Gasteiger charge is -2.29. The molecule has 65 heavy (non-hydrogen) atoms. The Labute approximate surface area is 390 Å². The lowest BCUT2D eigenvalue weighted by molar-refractivity contribution is -0.153. The van der Waals surface area contributed by atoms with Crippen LogP contribution in [0.1, 0.15) is 92.2 Å². The molecule has 3 aliphatic rings. The van der Waals surface area contributed by atoms with Crippen molar-refractivity contribution < 1.29 is 52.6 Å². The molecule has 3 saturated heterocycles. The zero-order valence-electron chi connectivity index (χ0n) is 38.7. The summed E-state index contributed by atoms with van der Waals surface area (Å²) in [7, 11) is 0. The molecule has 0 aromatic heterocycles. The van der Waals surface area contributed by atoms with Gasteiger partial charge in [0.1, 0.15) is 30.1 Å². The van der Waals surface area contributed by atoms with Gasteiger partial charge in [0, 0.05) is 42.5 Å². The summed E-state index contributed by atoms with van der Waals surface area (Å²) in [6.07, 6.45) is -0.0713. The summed E-state index contributed by atoms with van der Waals surface area (Å²) >= 11 is 2.53. The first-order chi connectivity index (χ1) is 30.5. The summed E-state index contributed by atoms with van der Waals surface area (Å²) in [5.41, 5.74) is 6.28. The van der Waals surface area contributed by atoms with Crippen LogP contribution in [0, 0.1) is 11.3 Å². The van der Waals surface area contributed by atoms with Crippen LogP contribution < -0.4 is 16.4 Å². The van der Waals surface area contributed by atoms with E-state index in [1.807, 2.05) is 95.3 Å². The van der Waals surface area contributed by atoms with Crippen LogP contribution in [0.2, 0.25) is 0 Å². The topological polar surface area (TPSA) is 221 Å². The number of benzene rings is 2. The van der Waals surface area contributed by atoms with Gasteiger partial charge in [-0.05, 0) is 56.1 Å². The Morgan fingerprint density at radius 1 is 0.831 bits per heavy atom. The molecule has 3 aliphatic heterocycles. The Kier molecular flexibility index (Phi) is 19.5. The molecule has 6 atom stereocenters. The first-order valence-corrected chi connectivity index (χ1v) is 23.8. The van der Waals surface area contributed by atoms with Crippen LogP contribution in [-0.4, -0.2) is 122 Å². The van der Waals surface area contributed by atoms with Crippen LogP contribution in [0.25, 0.3) is 0 Å². The number of rotatable bonds is 16. The van der Waals surface area contributed by atoms with Gasteiger partial charge in [-0.2, -0.15) is 0 Å². The van der Waals surface area contributed by atoms with Gasteiger partial charge in [-0.3, -0.25) is 38.6 Å². The van der Waals surface area contributed by atoms with Crippen molar-refractivity contribution in [3.63, 3.8) is 0 Å². The largest absolute Gasteiger partial charge is 0.459 e. The molecule has 0 radical (unpaired) electrons. The number of nitrogens with two attached hydrogens (primary N) is 1. The maximum atomic E-state index is 13.3. The Balaban J connectivity index is 0.000000288. The highest BCUT2D eigenvalue weighted by atomic mass is 32.2. The molecule has 356 valence electrons. The summed E-state index contributed by atoms with van der Waals surface area (Å²) in [5, 5.41) is 5.24. The molecule has 18 heteroatoms. The SMILES string of the molecule is CC(C)(C)CC(NC(=O)C1CC(=O)CN1C(=O)OCc1ccccc1)C1SC1C(=O)OC(C)(C)C.CC(C)CC(CSC(=O)CN)NC(=O)C1C(=O)CCN1C(=O)OCc1ccccc1. The fraction of sp³-hybridized carbons (Fsp3) is 0.574. The van der Waals surface area contributed by atoms with Gasteiger partial charge < -0.3 is 30.6 Å². The van der Waals surface area contributed by atoms with E-state index in [0.717, 1.165) is 22.9 Å². The smallest absolute Gasteiger partial charge is 0.411 e. The number of carbonyl (C=O) groups excluding carboxylic acids is 8. The molecule has 5 rings (SSSR count). The molecule has 3 fully saturated rings. The lowest BCUT2D eigenvalue weighted by atomic mass is 9.86. The number of hydrogen-bond donors (Lipinski definition) is 3. The van der Waals surface area contributed by atoms with E-state index in [0.29, 0.717) is 18.6 Å². The number of ketones is 2. The molecule has 0 aliphatic carbocycles. The molecular weight excluding hydrogens is 875 g/mol. The van der Waals surface area contributed by atoms with Crippen LogP contribution >= 0.6 is 23.5 Å². The first kappa shape index (κ1) is 52.7. The summed E-state index contributed by atoms with van der Waals surface area (Å²) in [5.74, 6) is -1.12.